The second-order valence-electron chi connectivity index (χ2n) is 7.51. The van der Waals surface area contributed by atoms with Crippen LogP contribution < -0.4 is 0 Å². The fraction of sp³-hybridized carbons (Fsp3) is 0.889. The molecule has 0 saturated carbocycles. The lowest BCUT2D eigenvalue weighted by atomic mass is 10.1. The quantitative estimate of drug-likeness (QED) is 0.363. The Morgan fingerprint density at radius 1 is 1.00 bits per heavy atom. The van der Waals surface area contributed by atoms with Crippen molar-refractivity contribution in [2.75, 3.05) is 6.61 Å². The molecule has 3 heteroatoms. The fourth-order valence-corrected chi connectivity index (χ4v) is 2.80. The Kier molecular flexibility index (Phi) is 10.3. The minimum atomic E-state index is -1.59. The fourth-order valence-electron chi connectivity index (χ4n) is 1.76. The van der Waals surface area contributed by atoms with Gasteiger partial charge in [-0.2, -0.15) is 0 Å². The molecule has 0 aliphatic heterocycles. The Bertz CT molecular complexity index is 318. The molecule has 0 aliphatic carbocycles. The molecule has 0 unspecified atom stereocenters. The maximum atomic E-state index is 9.15. The molecule has 1 N–H and O–H groups in total. The van der Waals surface area contributed by atoms with Gasteiger partial charge in [0.1, 0.15) is 0 Å². The lowest BCUT2D eigenvalue weighted by Gasteiger charge is -2.35. The number of aliphatic hydroxyl groups is 1. The lowest BCUT2D eigenvalue weighted by Crippen LogP contribution is -2.40. The summed E-state index contributed by atoms with van der Waals surface area (Å²) >= 11 is 0. The van der Waals surface area contributed by atoms with Crippen molar-refractivity contribution in [1.29, 1.82) is 0 Å². The van der Waals surface area contributed by atoms with Crippen LogP contribution in [0.3, 0.4) is 0 Å². The second-order valence-corrected chi connectivity index (χ2v) is 12.3. The molecule has 0 heterocycles. The molecule has 1 atom stereocenters. The van der Waals surface area contributed by atoms with Gasteiger partial charge in [-0.25, -0.2) is 0 Å². The maximum Gasteiger partial charge on any atom is 0.192 e. The van der Waals surface area contributed by atoms with E-state index in [1.165, 1.54) is 19.3 Å². The molecule has 0 saturated heterocycles. The summed E-state index contributed by atoms with van der Waals surface area (Å²) in [5.41, 5.74) is 0. The van der Waals surface area contributed by atoms with Gasteiger partial charge < -0.3 is 9.53 Å². The molecule has 0 aromatic carbocycles. The molecule has 0 fully saturated rings. The summed E-state index contributed by atoms with van der Waals surface area (Å²) < 4.78 is 6.09. The summed E-state index contributed by atoms with van der Waals surface area (Å²) in [5.74, 6) is 6.47. The average molecular weight is 313 g/mol. The number of rotatable bonds is 9. The van der Waals surface area contributed by atoms with Crippen LogP contribution in [-0.4, -0.2) is 26.1 Å². The molecular weight excluding hydrogens is 276 g/mol. The SMILES string of the molecule is C[C@H](O)CCCCCCC#CCCO[Si](C)(C)C(C)(C)C. The zero-order valence-corrected chi connectivity index (χ0v) is 16.1. The zero-order valence-electron chi connectivity index (χ0n) is 15.1. The van der Waals surface area contributed by atoms with Crippen molar-refractivity contribution in [3.63, 3.8) is 0 Å². The van der Waals surface area contributed by atoms with E-state index in [0.717, 1.165) is 32.3 Å². The highest BCUT2D eigenvalue weighted by atomic mass is 28.4. The minimum absolute atomic E-state index is 0.148. The monoisotopic (exact) mass is 312 g/mol. The van der Waals surface area contributed by atoms with Gasteiger partial charge in [0, 0.05) is 19.4 Å². The molecule has 0 bridgehead atoms. The largest absolute Gasteiger partial charge is 0.416 e. The Hall–Kier alpha value is -0.303. The topological polar surface area (TPSA) is 29.5 Å². The second kappa shape index (κ2) is 10.4. The van der Waals surface area contributed by atoms with Crippen molar-refractivity contribution in [3.8, 4) is 11.8 Å². The number of unbranched alkanes of at least 4 members (excludes halogenated alkanes) is 4. The predicted molar refractivity (Wildman–Crippen MR) is 94.9 cm³/mol. The van der Waals surface area contributed by atoms with Gasteiger partial charge >= 0.3 is 0 Å². The molecule has 0 aliphatic rings. The van der Waals surface area contributed by atoms with Crippen LogP contribution in [0.25, 0.3) is 0 Å². The first kappa shape index (κ1) is 20.7. The van der Waals surface area contributed by atoms with Crippen molar-refractivity contribution < 1.29 is 9.53 Å². The van der Waals surface area contributed by atoms with Crippen LogP contribution >= 0.6 is 0 Å². The third-order valence-corrected chi connectivity index (χ3v) is 8.83. The first-order chi connectivity index (χ1) is 9.67. The summed E-state index contributed by atoms with van der Waals surface area (Å²) in [6.07, 6.45) is 7.37. The van der Waals surface area contributed by atoms with Gasteiger partial charge in [-0.3, -0.25) is 0 Å². The Morgan fingerprint density at radius 2 is 1.57 bits per heavy atom. The van der Waals surface area contributed by atoms with Gasteiger partial charge in [0.2, 0.25) is 0 Å². The van der Waals surface area contributed by atoms with Crippen LogP contribution in [0, 0.1) is 11.8 Å². The zero-order chi connectivity index (χ0) is 16.4. The normalized spacial score (nSPS) is 13.7. The van der Waals surface area contributed by atoms with Gasteiger partial charge in [0.05, 0.1) is 6.10 Å². The van der Waals surface area contributed by atoms with Crippen molar-refractivity contribution in [2.24, 2.45) is 0 Å². The molecule has 0 rings (SSSR count). The van der Waals surface area contributed by atoms with Gasteiger partial charge in [-0.15, -0.1) is 11.8 Å². The number of hydrogen-bond donors (Lipinski definition) is 1. The summed E-state index contributed by atoms with van der Waals surface area (Å²) in [7, 11) is -1.59. The number of hydrogen-bond acceptors (Lipinski definition) is 2. The predicted octanol–water partition coefficient (Wildman–Crippen LogP) is 5.12. The third kappa shape index (κ3) is 11.0. The average Bonchev–Trinajstić information content (AvgIpc) is 2.34. The molecule has 0 aromatic rings. The van der Waals surface area contributed by atoms with E-state index in [2.05, 4.69) is 45.7 Å². The van der Waals surface area contributed by atoms with Crippen molar-refractivity contribution in [2.45, 2.75) is 96.9 Å². The summed E-state index contributed by atoms with van der Waals surface area (Å²) in [6, 6.07) is 0. The molecule has 21 heavy (non-hydrogen) atoms. The summed E-state index contributed by atoms with van der Waals surface area (Å²) in [5, 5.41) is 9.44. The van der Waals surface area contributed by atoms with Gasteiger partial charge in [0.25, 0.3) is 0 Å². The number of aliphatic hydroxyl groups excluding tert-OH is 1. The Balaban J connectivity index is 3.55. The van der Waals surface area contributed by atoms with Crippen LogP contribution in [-0.2, 0) is 4.43 Å². The van der Waals surface area contributed by atoms with E-state index in [0.29, 0.717) is 0 Å². The van der Waals surface area contributed by atoms with Crippen LogP contribution in [0.1, 0.15) is 72.6 Å². The Morgan fingerprint density at radius 3 is 2.14 bits per heavy atom. The van der Waals surface area contributed by atoms with E-state index in [1.807, 2.05) is 6.92 Å². The molecule has 0 amide bonds. The molecule has 0 radical (unpaired) electrons. The smallest absolute Gasteiger partial charge is 0.192 e. The van der Waals surface area contributed by atoms with Gasteiger partial charge in [0.15, 0.2) is 8.32 Å². The van der Waals surface area contributed by atoms with Crippen molar-refractivity contribution in [1.82, 2.24) is 0 Å². The molecule has 0 spiro atoms. The van der Waals surface area contributed by atoms with Gasteiger partial charge in [-0.05, 0) is 37.9 Å². The molecule has 0 aromatic heterocycles. The van der Waals surface area contributed by atoms with E-state index >= 15 is 0 Å². The van der Waals surface area contributed by atoms with E-state index in [9.17, 15) is 0 Å². The van der Waals surface area contributed by atoms with E-state index in [-0.39, 0.29) is 11.1 Å². The highest BCUT2D eigenvalue weighted by Gasteiger charge is 2.36. The van der Waals surface area contributed by atoms with Crippen molar-refractivity contribution in [3.05, 3.63) is 0 Å². The standard InChI is InChI=1S/C18H36O2Si/c1-17(19)15-13-11-9-7-8-10-12-14-16-20-21(5,6)18(2,3)4/h17,19H,7-9,11,13-16H2,1-6H3/t17-/m0/s1. The minimum Gasteiger partial charge on any atom is -0.416 e. The molecular formula is C18H36O2Si. The van der Waals surface area contributed by atoms with Crippen LogP contribution in [0.5, 0.6) is 0 Å². The van der Waals surface area contributed by atoms with Crippen LogP contribution in [0.2, 0.25) is 18.1 Å². The van der Waals surface area contributed by atoms with Crippen LogP contribution in [0.15, 0.2) is 0 Å². The summed E-state index contributed by atoms with van der Waals surface area (Å²) in [4.78, 5) is 0. The highest BCUT2D eigenvalue weighted by molar-refractivity contribution is 6.74. The molecule has 2 nitrogen and oxygen atoms in total. The van der Waals surface area contributed by atoms with Crippen LogP contribution in [0.4, 0.5) is 0 Å². The first-order valence-corrected chi connectivity index (χ1v) is 11.4. The van der Waals surface area contributed by atoms with Crippen molar-refractivity contribution >= 4 is 8.32 Å². The highest BCUT2D eigenvalue weighted by Crippen LogP contribution is 2.36. The summed E-state index contributed by atoms with van der Waals surface area (Å²) in [6.45, 7) is 14.0. The van der Waals surface area contributed by atoms with E-state index < -0.39 is 8.32 Å². The first-order valence-electron chi connectivity index (χ1n) is 8.44. The lowest BCUT2D eigenvalue weighted by molar-refractivity contribution is 0.180. The third-order valence-electron chi connectivity index (χ3n) is 4.29. The van der Waals surface area contributed by atoms with Gasteiger partial charge in [-0.1, -0.05) is 40.0 Å². The maximum absolute atomic E-state index is 9.15. The Labute approximate surface area is 133 Å². The van der Waals surface area contributed by atoms with E-state index in [4.69, 9.17) is 9.53 Å². The van der Waals surface area contributed by atoms with E-state index in [1.54, 1.807) is 0 Å². The molecule has 124 valence electrons.